The van der Waals surface area contributed by atoms with Crippen LogP contribution >= 0.6 is 0 Å². The van der Waals surface area contributed by atoms with E-state index in [9.17, 15) is 9.59 Å². The van der Waals surface area contributed by atoms with Gasteiger partial charge in [-0.3, -0.25) is 14.6 Å². The van der Waals surface area contributed by atoms with E-state index in [-0.39, 0.29) is 11.8 Å². The molecule has 0 saturated carbocycles. The number of hydrogen-bond acceptors (Lipinski definition) is 3. The lowest BCUT2D eigenvalue weighted by atomic mass is 9.78. The lowest BCUT2D eigenvalue weighted by Crippen LogP contribution is -2.68. The van der Waals surface area contributed by atoms with Gasteiger partial charge in [-0.2, -0.15) is 0 Å². The molecule has 1 aromatic rings. The lowest BCUT2D eigenvalue weighted by Gasteiger charge is -2.51. The maximum absolute atomic E-state index is 12.2. The van der Waals surface area contributed by atoms with Gasteiger partial charge in [0.25, 0.3) is 0 Å². The zero-order chi connectivity index (χ0) is 14.6. The summed E-state index contributed by atoms with van der Waals surface area (Å²) >= 11 is 0. The van der Waals surface area contributed by atoms with Gasteiger partial charge in [-0.1, -0.05) is 0 Å². The van der Waals surface area contributed by atoms with Gasteiger partial charge in [0.15, 0.2) is 0 Å². The van der Waals surface area contributed by atoms with E-state index in [1.54, 1.807) is 24.3 Å². The standard InChI is InChI=1S/C15H21N3O2/c1-12(19)18-11-8-15(18,14(20)16-2)7-3-4-13-5-9-17-10-6-13/h5-6,9-10H,3-4,7-8,11H2,1-2H3,(H,16,20)/t15-/m1/s1. The molecule has 0 spiro atoms. The fraction of sp³-hybridized carbons (Fsp3) is 0.533. The van der Waals surface area contributed by atoms with E-state index < -0.39 is 5.54 Å². The first-order chi connectivity index (χ1) is 9.60. The van der Waals surface area contributed by atoms with Crippen molar-refractivity contribution >= 4 is 11.8 Å². The van der Waals surface area contributed by atoms with Crippen LogP contribution in [-0.4, -0.2) is 40.8 Å². The average molecular weight is 275 g/mol. The number of carbonyl (C=O) groups is 2. The Balaban J connectivity index is 1.99. The van der Waals surface area contributed by atoms with Gasteiger partial charge < -0.3 is 10.2 Å². The Morgan fingerprint density at radius 1 is 1.40 bits per heavy atom. The van der Waals surface area contributed by atoms with Crippen molar-refractivity contribution in [1.82, 2.24) is 15.2 Å². The Bertz CT molecular complexity index is 489. The van der Waals surface area contributed by atoms with Gasteiger partial charge in [0.2, 0.25) is 11.8 Å². The van der Waals surface area contributed by atoms with E-state index in [1.807, 2.05) is 12.1 Å². The zero-order valence-corrected chi connectivity index (χ0v) is 12.1. The van der Waals surface area contributed by atoms with Crippen LogP contribution < -0.4 is 5.32 Å². The average Bonchev–Trinajstić information content (AvgIpc) is 2.42. The molecule has 20 heavy (non-hydrogen) atoms. The van der Waals surface area contributed by atoms with Crippen LogP contribution in [0.4, 0.5) is 0 Å². The zero-order valence-electron chi connectivity index (χ0n) is 12.1. The number of aryl methyl sites for hydroxylation is 1. The molecule has 1 atom stereocenters. The molecule has 1 saturated heterocycles. The topological polar surface area (TPSA) is 62.3 Å². The minimum atomic E-state index is -0.631. The molecule has 1 N–H and O–H groups in total. The SMILES string of the molecule is CNC(=O)[C@@]1(CCCc2ccncc2)CCN1C(C)=O. The quantitative estimate of drug-likeness (QED) is 0.876. The smallest absolute Gasteiger partial charge is 0.245 e. The maximum atomic E-state index is 12.2. The maximum Gasteiger partial charge on any atom is 0.245 e. The van der Waals surface area contributed by atoms with Crippen LogP contribution in [0.15, 0.2) is 24.5 Å². The number of carbonyl (C=O) groups excluding carboxylic acids is 2. The molecule has 2 heterocycles. The highest BCUT2D eigenvalue weighted by Gasteiger charge is 2.51. The largest absolute Gasteiger partial charge is 0.357 e. The summed E-state index contributed by atoms with van der Waals surface area (Å²) in [4.78, 5) is 29.5. The summed E-state index contributed by atoms with van der Waals surface area (Å²) < 4.78 is 0. The van der Waals surface area contributed by atoms with Gasteiger partial charge in [0.1, 0.15) is 5.54 Å². The monoisotopic (exact) mass is 275 g/mol. The summed E-state index contributed by atoms with van der Waals surface area (Å²) in [5.74, 6) is -0.0718. The van der Waals surface area contributed by atoms with Crippen LogP contribution in [0.3, 0.4) is 0 Å². The summed E-state index contributed by atoms with van der Waals surface area (Å²) in [7, 11) is 1.63. The predicted octanol–water partition coefficient (Wildman–Crippen LogP) is 1.14. The van der Waals surface area contributed by atoms with Crippen molar-refractivity contribution in [2.45, 2.75) is 38.1 Å². The number of rotatable bonds is 5. The van der Waals surface area contributed by atoms with Crippen molar-refractivity contribution in [3.8, 4) is 0 Å². The van der Waals surface area contributed by atoms with Crippen LogP contribution in [-0.2, 0) is 16.0 Å². The Hall–Kier alpha value is -1.91. The third-order valence-electron chi connectivity index (χ3n) is 4.10. The Morgan fingerprint density at radius 3 is 2.60 bits per heavy atom. The molecule has 0 bridgehead atoms. The summed E-state index contributed by atoms with van der Waals surface area (Å²) in [5, 5.41) is 2.70. The minimum Gasteiger partial charge on any atom is -0.357 e. The van der Waals surface area contributed by atoms with E-state index in [2.05, 4.69) is 10.3 Å². The van der Waals surface area contributed by atoms with Gasteiger partial charge >= 0.3 is 0 Å². The van der Waals surface area contributed by atoms with Gasteiger partial charge in [-0.15, -0.1) is 0 Å². The van der Waals surface area contributed by atoms with Gasteiger partial charge in [0.05, 0.1) is 0 Å². The first kappa shape index (κ1) is 14.5. The molecular formula is C15H21N3O2. The minimum absolute atomic E-state index is 0.0243. The number of likely N-dealkylation sites (tertiary alicyclic amines) is 1. The molecule has 1 aromatic heterocycles. The molecule has 1 fully saturated rings. The molecule has 108 valence electrons. The van der Waals surface area contributed by atoms with Crippen molar-refractivity contribution < 1.29 is 9.59 Å². The normalized spacial score (nSPS) is 21.2. The highest BCUT2D eigenvalue weighted by molar-refractivity contribution is 5.92. The molecule has 5 heteroatoms. The number of likely N-dealkylation sites (N-methyl/N-ethyl adjacent to an activating group) is 1. The Labute approximate surface area is 119 Å². The second-order valence-corrected chi connectivity index (χ2v) is 5.24. The molecule has 5 nitrogen and oxygen atoms in total. The molecule has 1 aliphatic rings. The molecule has 0 aromatic carbocycles. The molecule has 0 radical (unpaired) electrons. The number of nitrogens with zero attached hydrogens (tertiary/aromatic N) is 2. The summed E-state index contributed by atoms with van der Waals surface area (Å²) in [6, 6.07) is 3.96. The third-order valence-corrected chi connectivity index (χ3v) is 4.10. The first-order valence-electron chi connectivity index (χ1n) is 6.99. The van der Waals surface area contributed by atoms with E-state index in [0.29, 0.717) is 13.0 Å². The third kappa shape index (κ3) is 2.66. The lowest BCUT2D eigenvalue weighted by molar-refractivity contribution is -0.158. The highest BCUT2D eigenvalue weighted by Crippen LogP contribution is 2.35. The van der Waals surface area contributed by atoms with Gasteiger partial charge in [-0.25, -0.2) is 0 Å². The predicted molar refractivity (Wildman–Crippen MR) is 76.0 cm³/mol. The Morgan fingerprint density at radius 2 is 2.10 bits per heavy atom. The van der Waals surface area contributed by atoms with Crippen LogP contribution in [0, 0.1) is 0 Å². The van der Waals surface area contributed by atoms with Crippen molar-refractivity contribution in [3.05, 3.63) is 30.1 Å². The van der Waals surface area contributed by atoms with E-state index in [0.717, 1.165) is 19.3 Å². The van der Waals surface area contributed by atoms with Crippen molar-refractivity contribution in [1.29, 1.82) is 0 Å². The summed E-state index contributed by atoms with van der Waals surface area (Å²) in [6.45, 7) is 2.21. The van der Waals surface area contributed by atoms with Crippen LogP contribution in [0.1, 0.15) is 31.7 Å². The number of hydrogen-bond donors (Lipinski definition) is 1. The van der Waals surface area contributed by atoms with Crippen LogP contribution in [0.5, 0.6) is 0 Å². The van der Waals surface area contributed by atoms with Gasteiger partial charge in [0, 0.05) is 32.9 Å². The molecule has 1 aliphatic heterocycles. The van der Waals surface area contributed by atoms with E-state index in [1.165, 1.54) is 12.5 Å². The van der Waals surface area contributed by atoms with E-state index >= 15 is 0 Å². The van der Waals surface area contributed by atoms with Crippen LogP contribution in [0.25, 0.3) is 0 Å². The molecule has 2 amide bonds. The van der Waals surface area contributed by atoms with Crippen molar-refractivity contribution in [3.63, 3.8) is 0 Å². The Kier molecular flexibility index (Phi) is 4.37. The van der Waals surface area contributed by atoms with E-state index in [4.69, 9.17) is 0 Å². The molecule has 0 unspecified atom stereocenters. The fourth-order valence-corrected chi connectivity index (χ4v) is 2.93. The number of pyridine rings is 1. The second-order valence-electron chi connectivity index (χ2n) is 5.24. The summed E-state index contributed by atoms with van der Waals surface area (Å²) in [5.41, 5.74) is 0.578. The molecular weight excluding hydrogens is 254 g/mol. The number of nitrogens with one attached hydrogen (secondary N) is 1. The fourth-order valence-electron chi connectivity index (χ4n) is 2.93. The number of aromatic nitrogens is 1. The highest BCUT2D eigenvalue weighted by atomic mass is 16.2. The molecule has 2 rings (SSSR count). The number of amides is 2. The van der Waals surface area contributed by atoms with Crippen molar-refractivity contribution in [2.75, 3.05) is 13.6 Å². The summed E-state index contributed by atoms with van der Waals surface area (Å²) in [6.07, 6.45) is 6.77. The van der Waals surface area contributed by atoms with Gasteiger partial charge in [-0.05, 0) is 43.4 Å². The van der Waals surface area contributed by atoms with Crippen LogP contribution in [0.2, 0.25) is 0 Å². The second kappa shape index (κ2) is 6.03. The van der Waals surface area contributed by atoms with Crippen molar-refractivity contribution in [2.24, 2.45) is 0 Å². The first-order valence-corrected chi connectivity index (χ1v) is 6.99. The molecule has 0 aliphatic carbocycles.